The van der Waals surface area contributed by atoms with Crippen LogP contribution in [0, 0.1) is 0 Å². The van der Waals surface area contributed by atoms with Gasteiger partial charge in [0.25, 0.3) is 5.91 Å². The van der Waals surface area contributed by atoms with Crippen molar-refractivity contribution in [3.63, 3.8) is 0 Å². The third kappa shape index (κ3) is 8.13. The molecule has 2 aromatic rings. The van der Waals surface area contributed by atoms with Crippen LogP contribution in [0.2, 0.25) is 0 Å². The lowest BCUT2D eigenvalue weighted by atomic mass is 10.1. The Balaban J connectivity index is 1.91. The Morgan fingerprint density at radius 1 is 1.00 bits per heavy atom. The molecule has 1 amide bonds. The summed E-state index contributed by atoms with van der Waals surface area (Å²) in [4.78, 5) is 16.9. The zero-order chi connectivity index (χ0) is 23.3. The maximum absolute atomic E-state index is 12.2. The van der Waals surface area contributed by atoms with E-state index in [1.165, 1.54) is 0 Å². The van der Waals surface area contributed by atoms with Gasteiger partial charge in [0.1, 0.15) is 6.10 Å². The first-order valence-electron chi connectivity index (χ1n) is 11.2. The number of hydrogen-bond acceptors (Lipinski definition) is 4. The molecule has 0 aliphatic carbocycles. The van der Waals surface area contributed by atoms with E-state index < -0.39 is 0 Å². The molecule has 2 unspecified atom stereocenters. The zero-order valence-corrected chi connectivity index (χ0v) is 19.8. The first-order chi connectivity index (χ1) is 15.5. The van der Waals surface area contributed by atoms with Gasteiger partial charge in [-0.2, -0.15) is 0 Å². The van der Waals surface area contributed by atoms with E-state index in [1.807, 2.05) is 76.2 Å². The highest BCUT2D eigenvalue weighted by atomic mass is 16.5. The molecule has 7 nitrogen and oxygen atoms in total. The molecule has 2 rings (SSSR count). The van der Waals surface area contributed by atoms with Crippen LogP contribution in [0.4, 0.5) is 0 Å². The van der Waals surface area contributed by atoms with Gasteiger partial charge in [-0.1, -0.05) is 31.2 Å². The van der Waals surface area contributed by atoms with Crippen LogP contribution in [0.1, 0.15) is 50.0 Å². The van der Waals surface area contributed by atoms with Crippen LogP contribution in [0.3, 0.4) is 0 Å². The lowest BCUT2D eigenvalue weighted by Gasteiger charge is -2.19. The lowest BCUT2D eigenvalue weighted by molar-refractivity contribution is 0.0939. The summed E-state index contributed by atoms with van der Waals surface area (Å²) in [5.74, 6) is 2.08. The molecule has 2 atom stereocenters. The number of ether oxygens (including phenoxy) is 2. The molecular weight excluding hydrogens is 404 g/mol. The fraction of sp³-hybridized carbons (Fsp3) is 0.440. The molecule has 7 heteroatoms. The Kier molecular flexibility index (Phi) is 10.4. The van der Waals surface area contributed by atoms with E-state index in [4.69, 9.17) is 9.47 Å². The van der Waals surface area contributed by atoms with Gasteiger partial charge in [0.2, 0.25) is 0 Å². The molecule has 0 fully saturated rings. The quantitative estimate of drug-likeness (QED) is 0.366. The molecule has 2 aromatic carbocycles. The molecule has 0 spiro atoms. The average Bonchev–Trinajstić information content (AvgIpc) is 2.81. The molecule has 0 saturated heterocycles. The molecule has 3 N–H and O–H groups in total. The lowest BCUT2D eigenvalue weighted by Crippen LogP contribution is -2.41. The van der Waals surface area contributed by atoms with Crippen molar-refractivity contribution >= 4 is 11.9 Å². The smallest absolute Gasteiger partial charge is 0.251 e. The number of methoxy groups -OCH3 is 1. The van der Waals surface area contributed by atoms with E-state index in [2.05, 4.69) is 20.9 Å². The number of carbonyl (C=O) groups excluding carboxylic acids is 1. The van der Waals surface area contributed by atoms with Crippen molar-refractivity contribution in [3.8, 4) is 11.5 Å². The summed E-state index contributed by atoms with van der Waals surface area (Å²) in [5.41, 5.74) is 1.69. The van der Waals surface area contributed by atoms with Crippen molar-refractivity contribution in [2.24, 2.45) is 4.99 Å². The fourth-order valence-electron chi connectivity index (χ4n) is 2.90. The number of aliphatic imine (C=N–C) groups is 1. The van der Waals surface area contributed by atoms with Gasteiger partial charge >= 0.3 is 0 Å². The van der Waals surface area contributed by atoms with Crippen molar-refractivity contribution in [1.82, 2.24) is 16.0 Å². The van der Waals surface area contributed by atoms with Crippen molar-refractivity contribution < 1.29 is 14.3 Å². The van der Waals surface area contributed by atoms with Crippen molar-refractivity contribution in [2.75, 3.05) is 20.2 Å². The second-order valence-electron chi connectivity index (χ2n) is 7.64. The minimum absolute atomic E-state index is 0.0477. The summed E-state index contributed by atoms with van der Waals surface area (Å²) >= 11 is 0. The Morgan fingerprint density at radius 2 is 1.69 bits per heavy atom. The standard InChI is InChI=1S/C25H36N4O3/c1-6-18(3)29-24(30)21-14-12-20(13-15-21)17-28-25(26-7-2)27-16-19(4)32-23-11-9-8-10-22(23)31-5/h8-15,18-19H,6-7,16-17H2,1-5H3,(H,29,30)(H2,26,27,28). The van der Waals surface area contributed by atoms with Gasteiger partial charge in [-0.25, -0.2) is 4.99 Å². The normalized spacial score (nSPS) is 13.1. The van der Waals surface area contributed by atoms with E-state index in [1.54, 1.807) is 7.11 Å². The number of guanidine groups is 1. The Bertz CT molecular complexity index is 868. The molecule has 32 heavy (non-hydrogen) atoms. The topological polar surface area (TPSA) is 84.0 Å². The number of nitrogens with zero attached hydrogens (tertiary/aromatic N) is 1. The summed E-state index contributed by atoms with van der Waals surface area (Å²) in [6.07, 6.45) is 0.819. The van der Waals surface area contributed by atoms with Crippen LogP contribution in [0.15, 0.2) is 53.5 Å². The van der Waals surface area contributed by atoms with Gasteiger partial charge < -0.3 is 25.4 Å². The predicted molar refractivity (Wildman–Crippen MR) is 130 cm³/mol. The van der Waals surface area contributed by atoms with Crippen LogP contribution in [-0.4, -0.2) is 44.2 Å². The number of hydrogen-bond donors (Lipinski definition) is 3. The third-order valence-electron chi connectivity index (χ3n) is 4.92. The van der Waals surface area contributed by atoms with E-state index in [9.17, 15) is 4.79 Å². The number of nitrogens with one attached hydrogen (secondary N) is 3. The molecule has 0 aliphatic heterocycles. The highest BCUT2D eigenvalue weighted by Crippen LogP contribution is 2.26. The fourth-order valence-corrected chi connectivity index (χ4v) is 2.90. The van der Waals surface area contributed by atoms with Crippen molar-refractivity contribution in [1.29, 1.82) is 0 Å². The first-order valence-corrected chi connectivity index (χ1v) is 11.2. The number of para-hydroxylation sites is 2. The maximum Gasteiger partial charge on any atom is 0.251 e. The highest BCUT2D eigenvalue weighted by molar-refractivity contribution is 5.94. The summed E-state index contributed by atoms with van der Waals surface area (Å²) < 4.78 is 11.3. The van der Waals surface area contributed by atoms with Gasteiger partial charge in [-0.05, 0) is 57.0 Å². The summed E-state index contributed by atoms with van der Waals surface area (Å²) in [5, 5.41) is 9.54. The maximum atomic E-state index is 12.2. The van der Waals surface area contributed by atoms with E-state index in [-0.39, 0.29) is 18.1 Å². The largest absolute Gasteiger partial charge is 0.493 e. The molecule has 0 aliphatic rings. The molecule has 0 heterocycles. The third-order valence-corrected chi connectivity index (χ3v) is 4.92. The zero-order valence-electron chi connectivity index (χ0n) is 19.8. The van der Waals surface area contributed by atoms with E-state index >= 15 is 0 Å². The van der Waals surface area contributed by atoms with Crippen LogP contribution < -0.4 is 25.4 Å². The summed E-state index contributed by atoms with van der Waals surface area (Å²) in [7, 11) is 1.63. The second-order valence-corrected chi connectivity index (χ2v) is 7.64. The molecular formula is C25H36N4O3. The van der Waals surface area contributed by atoms with Crippen LogP contribution in [0.25, 0.3) is 0 Å². The van der Waals surface area contributed by atoms with Crippen molar-refractivity contribution in [3.05, 3.63) is 59.7 Å². The van der Waals surface area contributed by atoms with Gasteiger partial charge in [-0.15, -0.1) is 0 Å². The van der Waals surface area contributed by atoms with E-state index in [0.717, 1.165) is 18.5 Å². The Labute approximate surface area is 191 Å². The van der Waals surface area contributed by atoms with Gasteiger partial charge in [0, 0.05) is 18.2 Å². The minimum atomic E-state index is -0.0848. The predicted octanol–water partition coefficient (Wildman–Crippen LogP) is 3.75. The molecule has 0 aromatic heterocycles. The highest BCUT2D eigenvalue weighted by Gasteiger charge is 2.10. The summed E-state index contributed by atoms with van der Waals surface area (Å²) in [6, 6.07) is 15.3. The van der Waals surface area contributed by atoms with Crippen molar-refractivity contribution in [2.45, 2.75) is 52.8 Å². The van der Waals surface area contributed by atoms with E-state index in [0.29, 0.717) is 36.1 Å². The number of carbonyl (C=O) groups is 1. The van der Waals surface area contributed by atoms with Crippen LogP contribution in [0.5, 0.6) is 11.5 Å². The van der Waals surface area contributed by atoms with Gasteiger partial charge in [0.05, 0.1) is 20.2 Å². The molecule has 0 saturated carbocycles. The molecule has 174 valence electrons. The number of rotatable bonds is 11. The number of benzene rings is 2. The average molecular weight is 441 g/mol. The monoisotopic (exact) mass is 440 g/mol. The van der Waals surface area contributed by atoms with Crippen LogP contribution in [-0.2, 0) is 6.54 Å². The Hall–Kier alpha value is -3.22. The Morgan fingerprint density at radius 3 is 2.31 bits per heavy atom. The van der Waals surface area contributed by atoms with Crippen LogP contribution >= 0.6 is 0 Å². The first kappa shape index (κ1) is 25.0. The number of amides is 1. The van der Waals surface area contributed by atoms with Gasteiger partial charge in [0.15, 0.2) is 17.5 Å². The minimum Gasteiger partial charge on any atom is -0.493 e. The molecule has 0 radical (unpaired) electrons. The second kappa shape index (κ2) is 13.2. The van der Waals surface area contributed by atoms with Gasteiger partial charge in [-0.3, -0.25) is 4.79 Å². The summed E-state index contributed by atoms with van der Waals surface area (Å²) in [6.45, 7) is 9.90. The SMILES string of the molecule is CCNC(=NCc1ccc(C(=O)NC(C)CC)cc1)NCC(C)Oc1ccccc1OC. The molecule has 0 bridgehead atoms.